The summed E-state index contributed by atoms with van der Waals surface area (Å²) in [5.74, 6) is 0.867. The van der Waals surface area contributed by atoms with Crippen LogP contribution >= 0.6 is 0 Å². The average Bonchev–Trinajstić information content (AvgIpc) is 3.21. The predicted octanol–water partition coefficient (Wildman–Crippen LogP) is 7.44. The number of para-hydroxylation sites is 1. The van der Waals surface area contributed by atoms with Crippen LogP contribution in [0, 0.1) is 17.2 Å². The molecule has 34 heavy (non-hydrogen) atoms. The molecule has 2 heteroatoms. The highest BCUT2D eigenvalue weighted by atomic mass is 14.6. The second-order valence-electron chi connectivity index (χ2n) is 10.0. The van der Waals surface area contributed by atoms with Crippen LogP contribution in [0.4, 0.5) is 5.69 Å². The first-order valence-electron chi connectivity index (χ1n) is 12.7. The largest absolute Gasteiger partial charge is 0.398 e. The maximum Gasteiger partial charge on any atom is 0.0705 e. The molecule has 6 rings (SSSR count). The van der Waals surface area contributed by atoms with Gasteiger partial charge >= 0.3 is 0 Å². The molecular weight excluding hydrogens is 412 g/mol. The molecule has 3 unspecified atom stereocenters. The molecular formula is C32H32N2. The van der Waals surface area contributed by atoms with Gasteiger partial charge in [0.25, 0.3) is 0 Å². The second-order valence-corrected chi connectivity index (χ2v) is 10.0. The zero-order valence-corrected chi connectivity index (χ0v) is 19.6. The van der Waals surface area contributed by atoms with E-state index in [-0.39, 0.29) is 5.41 Å². The van der Waals surface area contributed by atoms with Crippen LogP contribution < -0.4 is 5.73 Å². The first kappa shape index (κ1) is 21.2. The van der Waals surface area contributed by atoms with E-state index in [1.54, 1.807) is 11.1 Å². The van der Waals surface area contributed by atoms with Crippen molar-refractivity contribution in [2.45, 2.75) is 43.9 Å². The third-order valence-corrected chi connectivity index (χ3v) is 8.33. The third-order valence-electron chi connectivity index (χ3n) is 8.33. The maximum absolute atomic E-state index is 8.80. The van der Waals surface area contributed by atoms with Crippen LogP contribution in [-0.4, -0.2) is 5.71 Å². The molecule has 4 aliphatic carbocycles. The van der Waals surface area contributed by atoms with Gasteiger partial charge in [0.05, 0.1) is 5.71 Å². The number of hydrogen-bond acceptors (Lipinski definition) is 2. The SMILES string of the molecule is N=C(c1ccc(C2(C3=CCCCC3)C3=C(C=CCC3)C3C=CC=CC32)cc1)c1ccccc1N. The molecule has 4 aliphatic rings. The van der Waals surface area contributed by atoms with Crippen molar-refractivity contribution in [2.24, 2.45) is 11.8 Å². The quantitative estimate of drug-likeness (QED) is 0.287. The fraction of sp³-hybridized carbons (Fsp3) is 0.281. The number of nitrogens with one attached hydrogen (secondary N) is 1. The molecule has 2 aromatic carbocycles. The van der Waals surface area contributed by atoms with Gasteiger partial charge in [0, 0.05) is 34.1 Å². The van der Waals surface area contributed by atoms with E-state index in [2.05, 4.69) is 66.8 Å². The van der Waals surface area contributed by atoms with E-state index in [1.165, 1.54) is 36.8 Å². The van der Waals surface area contributed by atoms with Crippen molar-refractivity contribution in [1.29, 1.82) is 5.41 Å². The summed E-state index contributed by atoms with van der Waals surface area (Å²) in [4.78, 5) is 0. The van der Waals surface area contributed by atoms with E-state index < -0.39 is 0 Å². The minimum atomic E-state index is -0.0705. The van der Waals surface area contributed by atoms with E-state index >= 15 is 0 Å². The third kappa shape index (κ3) is 3.12. The number of nitrogen functional groups attached to an aromatic ring is 1. The lowest BCUT2D eigenvalue weighted by Crippen LogP contribution is -2.38. The highest BCUT2D eigenvalue weighted by Gasteiger charge is 2.54. The monoisotopic (exact) mass is 444 g/mol. The Kier molecular flexibility index (Phi) is 5.25. The number of rotatable bonds is 4. The Balaban J connectivity index is 1.50. The van der Waals surface area contributed by atoms with Crippen molar-refractivity contribution in [3.63, 3.8) is 0 Å². The molecule has 0 heterocycles. The van der Waals surface area contributed by atoms with Gasteiger partial charge in [-0.1, -0.05) is 96.1 Å². The van der Waals surface area contributed by atoms with Crippen LogP contribution in [0.25, 0.3) is 0 Å². The Labute approximate surface area is 202 Å². The van der Waals surface area contributed by atoms with Crippen molar-refractivity contribution in [3.8, 4) is 0 Å². The van der Waals surface area contributed by atoms with Gasteiger partial charge < -0.3 is 5.73 Å². The molecule has 0 saturated carbocycles. The predicted molar refractivity (Wildman–Crippen MR) is 142 cm³/mol. The molecule has 0 bridgehead atoms. The lowest BCUT2D eigenvalue weighted by atomic mass is 9.59. The summed E-state index contributed by atoms with van der Waals surface area (Å²) in [5.41, 5.74) is 15.1. The molecule has 0 saturated heterocycles. The number of anilines is 1. The molecule has 3 atom stereocenters. The summed E-state index contributed by atoms with van der Waals surface area (Å²) < 4.78 is 0. The smallest absolute Gasteiger partial charge is 0.0705 e. The van der Waals surface area contributed by atoms with Gasteiger partial charge in [0.2, 0.25) is 0 Å². The molecule has 0 spiro atoms. The summed E-state index contributed by atoms with van der Waals surface area (Å²) in [6.45, 7) is 0. The van der Waals surface area contributed by atoms with Crippen molar-refractivity contribution >= 4 is 11.4 Å². The molecule has 170 valence electrons. The van der Waals surface area contributed by atoms with Crippen molar-refractivity contribution in [2.75, 3.05) is 5.73 Å². The molecule has 2 nitrogen and oxygen atoms in total. The van der Waals surface area contributed by atoms with Crippen molar-refractivity contribution in [1.82, 2.24) is 0 Å². The summed E-state index contributed by atoms with van der Waals surface area (Å²) in [5, 5.41) is 8.80. The molecule has 3 N–H and O–H groups in total. The normalized spacial score (nSPS) is 27.4. The van der Waals surface area contributed by atoms with E-state index in [4.69, 9.17) is 11.1 Å². The molecule has 0 amide bonds. The number of benzene rings is 2. The highest BCUT2D eigenvalue weighted by molar-refractivity contribution is 6.13. The summed E-state index contributed by atoms with van der Waals surface area (Å²) in [6.07, 6.45) is 23.9. The fourth-order valence-electron chi connectivity index (χ4n) is 6.88. The Bertz CT molecular complexity index is 1280. The van der Waals surface area contributed by atoms with Gasteiger partial charge in [-0.25, -0.2) is 0 Å². The molecule has 0 fully saturated rings. The Morgan fingerprint density at radius 2 is 1.74 bits per heavy atom. The summed E-state index contributed by atoms with van der Waals surface area (Å²) >= 11 is 0. The Hall–Kier alpha value is -3.39. The van der Waals surface area contributed by atoms with Crippen LogP contribution in [-0.2, 0) is 5.41 Å². The first-order chi connectivity index (χ1) is 16.7. The minimum Gasteiger partial charge on any atom is -0.398 e. The molecule has 2 aromatic rings. The van der Waals surface area contributed by atoms with E-state index in [9.17, 15) is 0 Å². The summed E-state index contributed by atoms with van der Waals surface area (Å²) in [6, 6.07) is 16.6. The Morgan fingerprint density at radius 1 is 0.912 bits per heavy atom. The average molecular weight is 445 g/mol. The standard InChI is InChI=1S/C32H32N2/c33-30-17-9-6-14-27(30)31(34)22-18-20-24(21-19-22)32(23-10-2-1-3-11-23)28-15-7-4-12-25(28)26-13-5-8-16-29(26)32/h4-7,9-10,12-15,17-21,25,28,34H,1-3,8,11,16,33H2. The van der Waals surface area contributed by atoms with Gasteiger partial charge in [0.1, 0.15) is 0 Å². The minimum absolute atomic E-state index is 0.0705. The Morgan fingerprint density at radius 3 is 2.53 bits per heavy atom. The van der Waals surface area contributed by atoms with Crippen LogP contribution in [0.3, 0.4) is 0 Å². The second kappa shape index (κ2) is 8.43. The molecule has 0 aromatic heterocycles. The van der Waals surface area contributed by atoms with Crippen LogP contribution in [0.2, 0.25) is 0 Å². The number of hydrogen-bond donors (Lipinski definition) is 2. The van der Waals surface area contributed by atoms with E-state index in [0.29, 0.717) is 23.2 Å². The molecule has 0 aliphatic heterocycles. The highest BCUT2D eigenvalue weighted by Crippen LogP contribution is 2.61. The van der Waals surface area contributed by atoms with Gasteiger partial charge in [-0.2, -0.15) is 0 Å². The zero-order chi connectivity index (χ0) is 23.1. The first-order valence-corrected chi connectivity index (χ1v) is 12.7. The maximum atomic E-state index is 8.80. The van der Waals surface area contributed by atoms with Crippen molar-refractivity contribution in [3.05, 3.63) is 124 Å². The van der Waals surface area contributed by atoms with Gasteiger partial charge in [0.15, 0.2) is 0 Å². The fourth-order valence-corrected chi connectivity index (χ4v) is 6.88. The lowest BCUT2D eigenvalue weighted by Gasteiger charge is -2.43. The van der Waals surface area contributed by atoms with Crippen molar-refractivity contribution < 1.29 is 0 Å². The van der Waals surface area contributed by atoms with Crippen LogP contribution in [0.5, 0.6) is 0 Å². The number of allylic oxidation sites excluding steroid dienone is 10. The number of fused-ring (bicyclic) bond motifs is 2. The van der Waals surface area contributed by atoms with Crippen LogP contribution in [0.15, 0.2) is 108 Å². The molecule has 0 radical (unpaired) electrons. The van der Waals surface area contributed by atoms with Gasteiger partial charge in [-0.3, -0.25) is 5.41 Å². The van der Waals surface area contributed by atoms with Gasteiger partial charge in [-0.15, -0.1) is 0 Å². The van der Waals surface area contributed by atoms with Gasteiger partial charge in [-0.05, 0) is 55.7 Å². The van der Waals surface area contributed by atoms with E-state index in [0.717, 1.165) is 24.0 Å². The van der Waals surface area contributed by atoms with Crippen LogP contribution in [0.1, 0.15) is 55.2 Å². The topological polar surface area (TPSA) is 49.9 Å². The number of nitrogens with two attached hydrogens (primary N) is 1. The lowest BCUT2D eigenvalue weighted by molar-refractivity contribution is 0.391. The zero-order valence-electron chi connectivity index (χ0n) is 19.6. The summed E-state index contributed by atoms with van der Waals surface area (Å²) in [7, 11) is 0. The van der Waals surface area contributed by atoms with E-state index in [1.807, 2.05) is 24.3 Å².